The van der Waals surface area contributed by atoms with E-state index in [1.165, 1.54) is 0 Å². The maximum Gasteiger partial charge on any atom is 0.307 e. The SMILES string of the molecule is CCCCC(C(=O)O)C(C)(C)C. The van der Waals surface area contributed by atoms with Gasteiger partial charge in [0, 0.05) is 0 Å². The summed E-state index contributed by atoms with van der Waals surface area (Å²) >= 11 is 0. The second-order valence-electron chi connectivity index (χ2n) is 4.40. The molecular weight excluding hydrogens is 152 g/mol. The zero-order valence-corrected chi connectivity index (χ0v) is 8.55. The van der Waals surface area contributed by atoms with Gasteiger partial charge in [0.2, 0.25) is 0 Å². The summed E-state index contributed by atoms with van der Waals surface area (Å²) in [5.74, 6) is -0.853. The largest absolute Gasteiger partial charge is 0.481 e. The van der Waals surface area contributed by atoms with Gasteiger partial charge >= 0.3 is 5.97 Å². The molecule has 1 atom stereocenters. The molecule has 0 saturated heterocycles. The Morgan fingerprint density at radius 3 is 2.17 bits per heavy atom. The first kappa shape index (κ1) is 11.5. The topological polar surface area (TPSA) is 37.3 Å². The lowest BCUT2D eigenvalue weighted by molar-refractivity contribution is -0.145. The fourth-order valence-electron chi connectivity index (χ4n) is 1.34. The van der Waals surface area contributed by atoms with E-state index < -0.39 is 5.97 Å². The predicted octanol–water partition coefficient (Wildman–Crippen LogP) is 2.92. The fraction of sp³-hybridized carbons (Fsp3) is 0.900. The highest BCUT2D eigenvalue weighted by Crippen LogP contribution is 2.30. The summed E-state index contributed by atoms with van der Waals surface area (Å²) in [5.41, 5.74) is -0.110. The van der Waals surface area contributed by atoms with Crippen molar-refractivity contribution >= 4 is 5.97 Å². The normalized spacial score (nSPS) is 14.3. The highest BCUT2D eigenvalue weighted by atomic mass is 16.4. The Hall–Kier alpha value is -0.530. The molecule has 0 heterocycles. The van der Waals surface area contributed by atoms with Gasteiger partial charge in [0.15, 0.2) is 0 Å². The number of hydrogen-bond donors (Lipinski definition) is 1. The molecular formula is C10H20O2. The van der Waals surface area contributed by atoms with Crippen LogP contribution in [-0.4, -0.2) is 11.1 Å². The zero-order chi connectivity index (χ0) is 9.78. The smallest absolute Gasteiger partial charge is 0.307 e. The standard InChI is InChI=1S/C10H20O2/c1-5-6-7-8(9(11)12)10(2,3)4/h8H,5-7H2,1-4H3,(H,11,12). The third-order valence-electron chi connectivity index (χ3n) is 2.19. The second kappa shape index (κ2) is 4.48. The van der Waals surface area contributed by atoms with Gasteiger partial charge in [-0.2, -0.15) is 0 Å². The predicted molar refractivity (Wildman–Crippen MR) is 50.1 cm³/mol. The third-order valence-corrected chi connectivity index (χ3v) is 2.19. The summed E-state index contributed by atoms with van der Waals surface area (Å²) in [6.45, 7) is 8.05. The molecule has 0 aliphatic heterocycles. The van der Waals surface area contributed by atoms with Crippen LogP contribution in [0.3, 0.4) is 0 Å². The van der Waals surface area contributed by atoms with Gasteiger partial charge in [-0.05, 0) is 11.8 Å². The molecule has 0 rings (SSSR count). The van der Waals surface area contributed by atoms with Crippen molar-refractivity contribution in [2.45, 2.75) is 47.0 Å². The van der Waals surface area contributed by atoms with Crippen LogP contribution in [0.5, 0.6) is 0 Å². The molecule has 1 N–H and O–H groups in total. The van der Waals surface area contributed by atoms with Gasteiger partial charge in [-0.3, -0.25) is 4.79 Å². The minimum Gasteiger partial charge on any atom is -0.481 e. The monoisotopic (exact) mass is 172 g/mol. The highest BCUT2D eigenvalue weighted by Gasteiger charge is 2.29. The molecule has 0 aliphatic carbocycles. The van der Waals surface area contributed by atoms with Gasteiger partial charge in [-0.15, -0.1) is 0 Å². The Bertz CT molecular complexity index is 144. The first-order chi connectivity index (χ1) is 5.39. The van der Waals surface area contributed by atoms with Crippen LogP contribution in [0.1, 0.15) is 47.0 Å². The van der Waals surface area contributed by atoms with Crippen molar-refractivity contribution in [1.29, 1.82) is 0 Å². The average molecular weight is 172 g/mol. The zero-order valence-electron chi connectivity index (χ0n) is 8.55. The van der Waals surface area contributed by atoms with E-state index in [4.69, 9.17) is 5.11 Å². The van der Waals surface area contributed by atoms with E-state index in [-0.39, 0.29) is 11.3 Å². The van der Waals surface area contributed by atoms with E-state index in [2.05, 4.69) is 6.92 Å². The van der Waals surface area contributed by atoms with E-state index in [9.17, 15) is 4.79 Å². The van der Waals surface area contributed by atoms with E-state index in [0.717, 1.165) is 19.3 Å². The van der Waals surface area contributed by atoms with Crippen LogP contribution in [0.4, 0.5) is 0 Å². The molecule has 2 heteroatoms. The summed E-state index contributed by atoms with van der Waals surface area (Å²) in [6, 6.07) is 0. The summed E-state index contributed by atoms with van der Waals surface area (Å²) in [6.07, 6.45) is 2.88. The molecule has 72 valence electrons. The molecule has 0 aromatic heterocycles. The highest BCUT2D eigenvalue weighted by molar-refractivity contribution is 5.70. The minimum absolute atomic E-state index is 0.110. The van der Waals surface area contributed by atoms with Crippen molar-refractivity contribution in [3.05, 3.63) is 0 Å². The van der Waals surface area contributed by atoms with Crippen molar-refractivity contribution < 1.29 is 9.90 Å². The molecule has 0 aromatic carbocycles. The minimum atomic E-state index is -0.657. The van der Waals surface area contributed by atoms with Gasteiger partial charge in [-0.1, -0.05) is 40.5 Å². The van der Waals surface area contributed by atoms with Crippen molar-refractivity contribution in [2.75, 3.05) is 0 Å². The molecule has 0 amide bonds. The maximum atomic E-state index is 10.9. The average Bonchev–Trinajstić information content (AvgIpc) is 1.84. The number of carboxylic acid groups (broad SMARTS) is 1. The van der Waals surface area contributed by atoms with Crippen LogP contribution in [0.15, 0.2) is 0 Å². The molecule has 0 spiro atoms. The Labute approximate surface area is 75.0 Å². The Balaban J connectivity index is 4.15. The lowest BCUT2D eigenvalue weighted by Gasteiger charge is -2.26. The van der Waals surface area contributed by atoms with Crippen LogP contribution in [0.25, 0.3) is 0 Å². The van der Waals surface area contributed by atoms with Crippen molar-refractivity contribution in [2.24, 2.45) is 11.3 Å². The van der Waals surface area contributed by atoms with Gasteiger partial charge in [-0.25, -0.2) is 0 Å². The fourth-order valence-corrected chi connectivity index (χ4v) is 1.34. The van der Waals surface area contributed by atoms with Crippen LogP contribution in [0, 0.1) is 11.3 Å². The van der Waals surface area contributed by atoms with Gasteiger partial charge in [0.05, 0.1) is 5.92 Å². The summed E-state index contributed by atoms with van der Waals surface area (Å²) < 4.78 is 0. The van der Waals surface area contributed by atoms with Crippen LogP contribution in [0.2, 0.25) is 0 Å². The van der Waals surface area contributed by atoms with Gasteiger partial charge in [0.25, 0.3) is 0 Å². The molecule has 0 saturated carbocycles. The van der Waals surface area contributed by atoms with Crippen LogP contribution >= 0.6 is 0 Å². The second-order valence-corrected chi connectivity index (χ2v) is 4.40. The van der Waals surface area contributed by atoms with E-state index in [1.54, 1.807) is 0 Å². The molecule has 2 nitrogen and oxygen atoms in total. The van der Waals surface area contributed by atoms with Crippen LogP contribution in [-0.2, 0) is 4.79 Å². The molecule has 0 aromatic rings. The van der Waals surface area contributed by atoms with E-state index in [1.807, 2.05) is 20.8 Å². The molecule has 12 heavy (non-hydrogen) atoms. The van der Waals surface area contributed by atoms with Crippen molar-refractivity contribution in [3.63, 3.8) is 0 Å². The molecule has 0 aliphatic rings. The number of carboxylic acids is 1. The van der Waals surface area contributed by atoms with Crippen molar-refractivity contribution in [3.8, 4) is 0 Å². The van der Waals surface area contributed by atoms with Crippen LogP contribution < -0.4 is 0 Å². The van der Waals surface area contributed by atoms with Crippen molar-refractivity contribution in [1.82, 2.24) is 0 Å². The Morgan fingerprint density at radius 2 is 1.92 bits per heavy atom. The van der Waals surface area contributed by atoms with E-state index >= 15 is 0 Å². The molecule has 1 unspecified atom stereocenters. The molecule has 0 radical (unpaired) electrons. The third kappa shape index (κ3) is 3.74. The summed E-state index contributed by atoms with van der Waals surface area (Å²) in [5, 5.41) is 8.94. The first-order valence-electron chi connectivity index (χ1n) is 4.62. The first-order valence-corrected chi connectivity index (χ1v) is 4.62. The number of rotatable bonds is 4. The molecule has 0 bridgehead atoms. The number of unbranched alkanes of at least 4 members (excludes halogenated alkanes) is 1. The Morgan fingerprint density at radius 1 is 1.42 bits per heavy atom. The quantitative estimate of drug-likeness (QED) is 0.708. The number of hydrogen-bond acceptors (Lipinski definition) is 1. The summed E-state index contributed by atoms with van der Waals surface area (Å²) in [7, 11) is 0. The van der Waals surface area contributed by atoms with Gasteiger partial charge < -0.3 is 5.11 Å². The molecule has 0 fully saturated rings. The summed E-state index contributed by atoms with van der Waals surface area (Å²) in [4.78, 5) is 10.9. The lowest BCUT2D eigenvalue weighted by atomic mass is 9.78. The Kier molecular flexibility index (Phi) is 4.29. The maximum absolute atomic E-state index is 10.9. The van der Waals surface area contributed by atoms with E-state index in [0.29, 0.717) is 0 Å². The van der Waals surface area contributed by atoms with Gasteiger partial charge in [0.1, 0.15) is 0 Å². The lowest BCUT2D eigenvalue weighted by Crippen LogP contribution is -2.28. The number of carbonyl (C=O) groups is 1. The number of aliphatic carboxylic acids is 1.